The average Bonchev–Trinajstić information content (AvgIpc) is 2.49. The largest absolute Gasteiger partial charge is 0.573 e. The van der Waals surface area contributed by atoms with Gasteiger partial charge in [-0.25, -0.2) is 0 Å². The van der Waals surface area contributed by atoms with E-state index in [1.54, 1.807) is 0 Å². The molecule has 0 unspecified atom stereocenters. The molecule has 0 aliphatic heterocycles. The molecule has 1 aromatic heterocycles. The van der Waals surface area contributed by atoms with Crippen LogP contribution in [0.15, 0.2) is 47.4 Å². The van der Waals surface area contributed by atoms with Crippen molar-refractivity contribution in [2.24, 2.45) is 0 Å². The summed E-state index contributed by atoms with van der Waals surface area (Å²) in [5.41, 5.74) is -2.73. The quantitative estimate of drug-likeness (QED) is 0.828. The highest BCUT2D eigenvalue weighted by Crippen LogP contribution is 2.26. The third-order valence-electron chi connectivity index (χ3n) is 3.01. The number of alkyl halides is 6. The fraction of sp³-hybridized carbons (Fsp3) is 0.200. The minimum absolute atomic E-state index is 0.0737. The minimum atomic E-state index is -4.87. The molecule has 0 spiro atoms. The average molecular weight is 380 g/mol. The van der Waals surface area contributed by atoms with Crippen molar-refractivity contribution in [1.29, 1.82) is 0 Å². The molecule has 0 aliphatic rings. The maximum Gasteiger partial charge on any atom is 0.573 e. The highest BCUT2D eigenvalue weighted by atomic mass is 19.4. The van der Waals surface area contributed by atoms with Crippen LogP contribution in [0.4, 0.5) is 32.0 Å². The molecular weight excluding hydrogens is 370 g/mol. The SMILES string of the molecule is O=C(Cn1cccc(C(F)(F)F)c1=O)Nc1ccc(OC(F)(F)F)cc1. The second-order valence-electron chi connectivity index (χ2n) is 4.97. The molecule has 26 heavy (non-hydrogen) atoms. The summed E-state index contributed by atoms with van der Waals surface area (Å²) in [5, 5.41) is 2.25. The lowest BCUT2D eigenvalue weighted by Crippen LogP contribution is -2.31. The number of benzene rings is 1. The Labute approximate surface area is 141 Å². The Morgan fingerprint density at radius 3 is 2.19 bits per heavy atom. The van der Waals surface area contributed by atoms with Gasteiger partial charge in [-0.15, -0.1) is 13.2 Å². The molecule has 0 fully saturated rings. The third-order valence-corrected chi connectivity index (χ3v) is 3.01. The number of amides is 1. The number of pyridine rings is 1. The topological polar surface area (TPSA) is 60.3 Å². The van der Waals surface area contributed by atoms with Crippen molar-refractivity contribution < 1.29 is 35.9 Å². The van der Waals surface area contributed by atoms with Crippen LogP contribution in [0.25, 0.3) is 0 Å². The van der Waals surface area contributed by atoms with Gasteiger partial charge in [0.2, 0.25) is 5.91 Å². The van der Waals surface area contributed by atoms with Crippen LogP contribution in [0.2, 0.25) is 0 Å². The fourth-order valence-electron chi connectivity index (χ4n) is 1.97. The molecule has 1 amide bonds. The number of rotatable bonds is 4. The predicted molar refractivity (Wildman–Crippen MR) is 77.5 cm³/mol. The molecule has 0 saturated heterocycles. The van der Waals surface area contributed by atoms with Crippen molar-refractivity contribution >= 4 is 11.6 Å². The number of hydrogen-bond acceptors (Lipinski definition) is 3. The van der Waals surface area contributed by atoms with Gasteiger partial charge in [0.1, 0.15) is 17.9 Å². The Hall–Kier alpha value is -2.98. The van der Waals surface area contributed by atoms with Crippen LogP contribution in [0.3, 0.4) is 0 Å². The molecule has 0 atom stereocenters. The van der Waals surface area contributed by atoms with Crippen LogP contribution in [0.5, 0.6) is 5.75 Å². The van der Waals surface area contributed by atoms with E-state index in [0.29, 0.717) is 10.6 Å². The summed E-state index contributed by atoms with van der Waals surface area (Å²) in [7, 11) is 0. The van der Waals surface area contributed by atoms with Crippen LogP contribution in [0, 0.1) is 0 Å². The second-order valence-corrected chi connectivity index (χ2v) is 4.97. The van der Waals surface area contributed by atoms with Crippen molar-refractivity contribution in [1.82, 2.24) is 4.57 Å². The maximum atomic E-state index is 12.7. The Morgan fingerprint density at radius 2 is 1.65 bits per heavy atom. The van der Waals surface area contributed by atoms with Crippen LogP contribution < -0.4 is 15.6 Å². The van der Waals surface area contributed by atoms with Gasteiger partial charge < -0.3 is 14.6 Å². The first-order valence-electron chi connectivity index (χ1n) is 6.88. The molecule has 0 radical (unpaired) electrons. The first-order valence-corrected chi connectivity index (χ1v) is 6.88. The summed E-state index contributed by atoms with van der Waals surface area (Å²) in [5.74, 6) is -1.35. The molecule has 1 aromatic carbocycles. The molecule has 1 heterocycles. The molecule has 2 rings (SSSR count). The second kappa shape index (κ2) is 7.10. The van der Waals surface area contributed by atoms with Crippen LogP contribution in [-0.2, 0) is 17.5 Å². The van der Waals surface area contributed by atoms with Gasteiger partial charge in [0.25, 0.3) is 5.56 Å². The summed E-state index contributed by atoms with van der Waals surface area (Å²) in [6, 6.07) is 5.66. The Balaban J connectivity index is 2.07. The molecule has 5 nitrogen and oxygen atoms in total. The van der Waals surface area contributed by atoms with Crippen molar-refractivity contribution in [3.63, 3.8) is 0 Å². The standard InChI is InChI=1S/C15H10F6N2O3/c16-14(17,18)11-2-1-7-23(13(11)25)8-12(24)22-9-3-5-10(6-4-9)26-15(19,20)21/h1-7H,8H2,(H,22,24). The van der Waals surface area contributed by atoms with Gasteiger partial charge >= 0.3 is 12.5 Å². The smallest absolute Gasteiger partial charge is 0.406 e. The normalized spacial score (nSPS) is 11.9. The van der Waals surface area contributed by atoms with Gasteiger partial charge in [-0.1, -0.05) is 0 Å². The third kappa shape index (κ3) is 5.26. The molecule has 11 heteroatoms. The molecule has 1 N–H and O–H groups in total. The summed E-state index contributed by atoms with van der Waals surface area (Å²) >= 11 is 0. The molecule has 0 bridgehead atoms. The van der Waals surface area contributed by atoms with E-state index in [4.69, 9.17) is 0 Å². The molecule has 140 valence electrons. The lowest BCUT2D eigenvalue weighted by Gasteiger charge is -2.11. The van der Waals surface area contributed by atoms with E-state index < -0.39 is 41.9 Å². The number of ether oxygens (including phenoxy) is 1. The van der Waals surface area contributed by atoms with Gasteiger partial charge in [-0.05, 0) is 36.4 Å². The van der Waals surface area contributed by atoms with Gasteiger partial charge in [0.15, 0.2) is 0 Å². The zero-order valence-electron chi connectivity index (χ0n) is 12.7. The summed E-state index contributed by atoms with van der Waals surface area (Å²) < 4.78 is 78.3. The van der Waals surface area contributed by atoms with Crippen LogP contribution in [-0.4, -0.2) is 16.8 Å². The van der Waals surface area contributed by atoms with E-state index >= 15 is 0 Å². The van der Waals surface area contributed by atoms with Crippen LogP contribution in [0.1, 0.15) is 5.56 Å². The molecule has 0 aliphatic carbocycles. The summed E-state index contributed by atoms with van der Waals surface area (Å²) in [6.45, 7) is -0.705. The van der Waals surface area contributed by atoms with Gasteiger partial charge in [0.05, 0.1) is 0 Å². The number of carbonyl (C=O) groups is 1. The number of aromatic nitrogens is 1. The first-order chi connectivity index (χ1) is 12.0. The summed E-state index contributed by atoms with van der Waals surface area (Å²) in [4.78, 5) is 23.6. The van der Waals surface area contributed by atoms with E-state index in [-0.39, 0.29) is 5.69 Å². The Bertz CT molecular complexity index is 840. The number of hydrogen-bond donors (Lipinski definition) is 1. The Kier molecular flexibility index (Phi) is 5.28. The van der Waals surface area contributed by atoms with Crippen molar-refractivity contribution in [3.05, 3.63) is 58.5 Å². The lowest BCUT2D eigenvalue weighted by atomic mass is 10.2. The van der Waals surface area contributed by atoms with Gasteiger partial charge in [-0.3, -0.25) is 9.59 Å². The Morgan fingerprint density at radius 1 is 1.04 bits per heavy atom. The highest BCUT2D eigenvalue weighted by molar-refractivity contribution is 5.90. The number of carbonyl (C=O) groups excluding carboxylic acids is 1. The molecule has 0 saturated carbocycles. The highest BCUT2D eigenvalue weighted by Gasteiger charge is 2.34. The monoisotopic (exact) mass is 380 g/mol. The van der Waals surface area contributed by atoms with Crippen LogP contribution >= 0.6 is 0 Å². The van der Waals surface area contributed by atoms with Gasteiger partial charge in [0, 0.05) is 11.9 Å². The van der Waals surface area contributed by atoms with E-state index in [1.807, 2.05) is 0 Å². The van der Waals surface area contributed by atoms with Gasteiger partial charge in [-0.2, -0.15) is 13.2 Å². The van der Waals surface area contributed by atoms with Crippen molar-refractivity contribution in [2.75, 3.05) is 5.32 Å². The van der Waals surface area contributed by atoms with E-state index in [1.165, 1.54) is 0 Å². The molecular formula is C15H10F6N2O3. The van der Waals surface area contributed by atoms with E-state index in [2.05, 4.69) is 10.1 Å². The number of nitrogens with zero attached hydrogens (tertiary/aromatic N) is 1. The summed E-state index contributed by atoms with van der Waals surface area (Å²) in [6.07, 6.45) is -8.71. The zero-order valence-corrected chi connectivity index (χ0v) is 12.7. The lowest BCUT2D eigenvalue weighted by molar-refractivity contribution is -0.274. The maximum absolute atomic E-state index is 12.7. The van der Waals surface area contributed by atoms with Crippen molar-refractivity contribution in [3.8, 4) is 5.75 Å². The minimum Gasteiger partial charge on any atom is -0.406 e. The number of halogens is 6. The molecule has 2 aromatic rings. The van der Waals surface area contributed by atoms with E-state index in [0.717, 1.165) is 36.5 Å². The predicted octanol–water partition coefficient (Wildman–Crippen LogP) is 3.40. The number of nitrogens with one attached hydrogen (secondary N) is 1. The number of anilines is 1. The zero-order chi connectivity index (χ0) is 19.5. The van der Waals surface area contributed by atoms with E-state index in [9.17, 15) is 35.9 Å². The fourth-order valence-corrected chi connectivity index (χ4v) is 1.97. The first kappa shape index (κ1) is 19.3. The van der Waals surface area contributed by atoms with Crippen molar-refractivity contribution in [2.45, 2.75) is 19.1 Å².